The van der Waals surface area contributed by atoms with Gasteiger partial charge in [-0.1, -0.05) is 17.7 Å². The summed E-state index contributed by atoms with van der Waals surface area (Å²) in [6, 6.07) is 5.50. The molecule has 1 aromatic rings. The van der Waals surface area contributed by atoms with E-state index in [2.05, 4.69) is 11.9 Å². The van der Waals surface area contributed by atoms with E-state index in [1.807, 2.05) is 30.0 Å². The molecule has 0 aromatic heterocycles. The molecular weight excluding hydrogens is 236 g/mol. The third kappa shape index (κ3) is 2.61. The topological polar surface area (TPSA) is 23.6 Å². The number of hydrogen-bond acceptors (Lipinski definition) is 2. The number of halogens is 1. The molecule has 3 nitrogen and oxygen atoms in total. The van der Waals surface area contributed by atoms with Crippen molar-refractivity contribution in [2.75, 3.05) is 33.2 Å². The number of nitrogens with zero attached hydrogens (tertiary/aromatic N) is 2. The first-order valence-corrected chi connectivity index (χ1v) is 6.20. The van der Waals surface area contributed by atoms with Crippen molar-refractivity contribution in [3.63, 3.8) is 0 Å². The van der Waals surface area contributed by atoms with Crippen LogP contribution in [0.15, 0.2) is 18.2 Å². The van der Waals surface area contributed by atoms with Crippen LogP contribution in [0.5, 0.6) is 0 Å². The summed E-state index contributed by atoms with van der Waals surface area (Å²) in [6.45, 7) is 5.35. The van der Waals surface area contributed by atoms with Crippen molar-refractivity contribution in [2.45, 2.75) is 6.92 Å². The fourth-order valence-electron chi connectivity index (χ4n) is 2.02. The van der Waals surface area contributed by atoms with E-state index in [0.29, 0.717) is 5.02 Å². The van der Waals surface area contributed by atoms with Gasteiger partial charge in [-0.05, 0) is 31.7 Å². The Morgan fingerprint density at radius 2 is 1.88 bits per heavy atom. The summed E-state index contributed by atoms with van der Waals surface area (Å²) in [5, 5.41) is 0.657. The van der Waals surface area contributed by atoms with Crippen LogP contribution in [0.4, 0.5) is 0 Å². The molecule has 0 radical (unpaired) electrons. The van der Waals surface area contributed by atoms with E-state index >= 15 is 0 Å². The highest BCUT2D eigenvalue weighted by molar-refractivity contribution is 6.31. The molecule has 0 atom stereocenters. The van der Waals surface area contributed by atoms with Crippen molar-refractivity contribution >= 4 is 17.5 Å². The van der Waals surface area contributed by atoms with E-state index in [0.717, 1.165) is 37.3 Å². The molecule has 0 aliphatic carbocycles. The molecule has 0 unspecified atom stereocenters. The molecule has 92 valence electrons. The van der Waals surface area contributed by atoms with Crippen LogP contribution in [0.1, 0.15) is 15.9 Å². The number of hydrogen-bond donors (Lipinski definition) is 0. The standard InChI is InChI=1S/C13H17ClN2O/c1-10-11(4-3-5-12(10)14)13(17)16-8-6-15(2)7-9-16/h3-5H,6-9H2,1-2H3. The first-order valence-electron chi connectivity index (χ1n) is 5.82. The molecule has 2 rings (SSSR count). The molecule has 0 N–H and O–H groups in total. The number of rotatable bonds is 1. The molecule has 0 bridgehead atoms. The lowest BCUT2D eigenvalue weighted by Gasteiger charge is -2.32. The Labute approximate surface area is 107 Å². The second kappa shape index (κ2) is 5.07. The smallest absolute Gasteiger partial charge is 0.254 e. The van der Waals surface area contributed by atoms with Crippen LogP contribution in [0.2, 0.25) is 5.02 Å². The SMILES string of the molecule is Cc1c(Cl)cccc1C(=O)N1CCN(C)CC1. The molecule has 1 fully saturated rings. The van der Waals surface area contributed by atoms with Crippen LogP contribution in [-0.2, 0) is 0 Å². The third-order valence-electron chi connectivity index (χ3n) is 3.29. The van der Waals surface area contributed by atoms with Gasteiger partial charge in [0.25, 0.3) is 5.91 Å². The van der Waals surface area contributed by atoms with Gasteiger partial charge in [0.2, 0.25) is 0 Å². The highest BCUT2D eigenvalue weighted by Gasteiger charge is 2.21. The molecule has 0 spiro atoms. The molecule has 1 heterocycles. The first-order chi connectivity index (χ1) is 8.09. The van der Waals surface area contributed by atoms with Crippen LogP contribution in [0, 0.1) is 6.92 Å². The monoisotopic (exact) mass is 252 g/mol. The number of carbonyl (C=O) groups excluding carboxylic acids is 1. The summed E-state index contributed by atoms with van der Waals surface area (Å²) >= 11 is 6.04. The van der Waals surface area contributed by atoms with Crippen molar-refractivity contribution in [3.8, 4) is 0 Å². The minimum absolute atomic E-state index is 0.0955. The fourth-order valence-corrected chi connectivity index (χ4v) is 2.19. The molecule has 17 heavy (non-hydrogen) atoms. The molecule has 1 amide bonds. The van der Waals surface area contributed by atoms with Gasteiger partial charge in [0.1, 0.15) is 0 Å². The Morgan fingerprint density at radius 1 is 1.24 bits per heavy atom. The van der Waals surface area contributed by atoms with Crippen LogP contribution in [0.3, 0.4) is 0 Å². The van der Waals surface area contributed by atoms with Crippen LogP contribution < -0.4 is 0 Å². The normalized spacial score (nSPS) is 17.2. The van der Waals surface area contributed by atoms with Crippen molar-refractivity contribution in [1.29, 1.82) is 0 Å². The lowest BCUT2D eigenvalue weighted by atomic mass is 10.1. The minimum atomic E-state index is 0.0955. The Balaban J connectivity index is 2.17. The maximum atomic E-state index is 12.3. The minimum Gasteiger partial charge on any atom is -0.336 e. The maximum absolute atomic E-state index is 12.3. The average molecular weight is 253 g/mol. The van der Waals surface area contributed by atoms with Gasteiger partial charge in [-0.3, -0.25) is 4.79 Å². The zero-order chi connectivity index (χ0) is 12.4. The van der Waals surface area contributed by atoms with Gasteiger partial charge in [-0.25, -0.2) is 0 Å². The average Bonchev–Trinajstić information content (AvgIpc) is 2.33. The summed E-state index contributed by atoms with van der Waals surface area (Å²) < 4.78 is 0. The molecular formula is C13H17ClN2O. The van der Waals surface area contributed by atoms with E-state index in [4.69, 9.17) is 11.6 Å². The van der Waals surface area contributed by atoms with Gasteiger partial charge >= 0.3 is 0 Å². The number of carbonyl (C=O) groups is 1. The van der Waals surface area contributed by atoms with Crippen molar-refractivity contribution < 1.29 is 4.79 Å². The highest BCUT2D eigenvalue weighted by Crippen LogP contribution is 2.20. The predicted octanol–water partition coefficient (Wildman–Crippen LogP) is 2.04. The Morgan fingerprint density at radius 3 is 2.53 bits per heavy atom. The third-order valence-corrected chi connectivity index (χ3v) is 3.70. The lowest BCUT2D eigenvalue weighted by Crippen LogP contribution is -2.47. The predicted molar refractivity (Wildman–Crippen MR) is 69.6 cm³/mol. The van der Waals surface area contributed by atoms with Crippen molar-refractivity contribution in [2.24, 2.45) is 0 Å². The van der Waals surface area contributed by atoms with Crippen LogP contribution >= 0.6 is 11.6 Å². The zero-order valence-electron chi connectivity index (χ0n) is 10.2. The molecule has 1 aliphatic heterocycles. The van der Waals surface area contributed by atoms with E-state index in [1.54, 1.807) is 0 Å². The fraction of sp³-hybridized carbons (Fsp3) is 0.462. The van der Waals surface area contributed by atoms with Gasteiger partial charge in [0, 0.05) is 36.8 Å². The summed E-state index contributed by atoms with van der Waals surface area (Å²) in [6.07, 6.45) is 0. The van der Waals surface area contributed by atoms with Gasteiger partial charge in [0.05, 0.1) is 0 Å². The summed E-state index contributed by atoms with van der Waals surface area (Å²) in [7, 11) is 2.08. The van der Waals surface area contributed by atoms with E-state index in [1.165, 1.54) is 0 Å². The quantitative estimate of drug-likeness (QED) is 0.764. The van der Waals surface area contributed by atoms with Crippen molar-refractivity contribution in [1.82, 2.24) is 9.80 Å². The summed E-state index contributed by atoms with van der Waals surface area (Å²) in [4.78, 5) is 16.5. The maximum Gasteiger partial charge on any atom is 0.254 e. The van der Waals surface area contributed by atoms with Crippen LogP contribution in [-0.4, -0.2) is 48.9 Å². The van der Waals surface area contributed by atoms with E-state index in [9.17, 15) is 4.79 Å². The first kappa shape index (κ1) is 12.4. The van der Waals surface area contributed by atoms with Gasteiger partial charge in [-0.2, -0.15) is 0 Å². The summed E-state index contributed by atoms with van der Waals surface area (Å²) in [5.41, 5.74) is 1.60. The Hall–Kier alpha value is -1.06. The van der Waals surface area contributed by atoms with E-state index in [-0.39, 0.29) is 5.91 Å². The van der Waals surface area contributed by atoms with Gasteiger partial charge in [-0.15, -0.1) is 0 Å². The number of amides is 1. The molecule has 1 saturated heterocycles. The number of piperazine rings is 1. The highest BCUT2D eigenvalue weighted by atomic mass is 35.5. The molecule has 1 aliphatic rings. The molecule has 0 saturated carbocycles. The van der Waals surface area contributed by atoms with Crippen molar-refractivity contribution in [3.05, 3.63) is 34.3 Å². The van der Waals surface area contributed by atoms with Crippen LogP contribution in [0.25, 0.3) is 0 Å². The van der Waals surface area contributed by atoms with Gasteiger partial charge < -0.3 is 9.80 Å². The van der Waals surface area contributed by atoms with E-state index < -0.39 is 0 Å². The second-order valence-electron chi connectivity index (χ2n) is 4.51. The lowest BCUT2D eigenvalue weighted by molar-refractivity contribution is 0.0663. The largest absolute Gasteiger partial charge is 0.336 e. The summed E-state index contributed by atoms with van der Waals surface area (Å²) in [5.74, 6) is 0.0955. The second-order valence-corrected chi connectivity index (χ2v) is 4.92. The number of likely N-dealkylation sites (N-methyl/N-ethyl adjacent to an activating group) is 1. The Kier molecular flexibility index (Phi) is 3.69. The zero-order valence-corrected chi connectivity index (χ0v) is 11.0. The number of benzene rings is 1. The molecule has 1 aromatic carbocycles. The Bertz CT molecular complexity index is 425. The van der Waals surface area contributed by atoms with Gasteiger partial charge in [0.15, 0.2) is 0 Å². The molecule has 4 heteroatoms.